The van der Waals surface area contributed by atoms with Crippen molar-refractivity contribution < 1.29 is 33.6 Å². The molecule has 4 rings (SSSR count). The third-order valence-corrected chi connectivity index (χ3v) is 6.10. The number of nitrogens with zero attached hydrogens (tertiary/aromatic N) is 1. The van der Waals surface area contributed by atoms with Crippen molar-refractivity contribution in [2.45, 2.75) is 5.60 Å². The lowest BCUT2D eigenvalue weighted by atomic mass is 9.85. The minimum atomic E-state index is -1.99. The summed E-state index contributed by atoms with van der Waals surface area (Å²) in [7, 11) is 4.36. The number of benzene rings is 4. The third kappa shape index (κ3) is 5.79. The van der Waals surface area contributed by atoms with Gasteiger partial charge in [-0.15, -0.1) is 0 Å². The van der Waals surface area contributed by atoms with Gasteiger partial charge < -0.3 is 24.1 Å². The van der Waals surface area contributed by atoms with E-state index in [2.05, 4.69) is 10.5 Å². The molecular weight excluding hydrogens is 512 g/mol. The van der Waals surface area contributed by atoms with E-state index in [1.165, 1.54) is 39.7 Å². The fraction of sp³-hybridized carbons (Fsp3) is 0.129. The van der Waals surface area contributed by atoms with E-state index in [9.17, 15) is 14.7 Å². The van der Waals surface area contributed by atoms with Crippen LogP contribution in [0, 0.1) is 0 Å². The molecule has 4 aromatic carbocycles. The van der Waals surface area contributed by atoms with Crippen molar-refractivity contribution in [2.24, 2.45) is 5.10 Å². The molecule has 0 spiro atoms. The Kier molecular flexibility index (Phi) is 8.78. The highest BCUT2D eigenvalue weighted by Crippen LogP contribution is 2.38. The zero-order valence-corrected chi connectivity index (χ0v) is 22.2. The summed E-state index contributed by atoms with van der Waals surface area (Å²) in [4.78, 5) is 26.3. The topological polar surface area (TPSA) is 116 Å². The molecule has 0 aliphatic carbocycles. The van der Waals surface area contributed by atoms with Crippen LogP contribution >= 0.6 is 0 Å². The summed E-state index contributed by atoms with van der Waals surface area (Å²) in [5, 5.41) is 15.6. The number of aliphatic hydroxyl groups is 1. The quantitative estimate of drug-likeness (QED) is 0.133. The van der Waals surface area contributed by atoms with Gasteiger partial charge in [0.2, 0.25) is 5.75 Å². The van der Waals surface area contributed by atoms with Crippen molar-refractivity contribution in [3.8, 4) is 23.0 Å². The molecule has 0 aromatic heterocycles. The van der Waals surface area contributed by atoms with Gasteiger partial charge >= 0.3 is 5.97 Å². The van der Waals surface area contributed by atoms with E-state index in [1.807, 2.05) is 0 Å². The second-order valence-corrected chi connectivity index (χ2v) is 8.48. The van der Waals surface area contributed by atoms with Crippen molar-refractivity contribution in [1.29, 1.82) is 0 Å². The van der Waals surface area contributed by atoms with E-state index in [-0.39, 0.29) is 11.3 Å². The van der Waals surface area contributed by atoms with Crippen LogP contribution in [0.3, 0.4) is 0 Å². The predicted octanol–water partition coefficient (Wildman–Crippen LogP) is 4.32. The molecule has 40 heavy (non-hydrogen) atoms. The van der Waals surface area contributed by atoms with Crippen LogP contribution in [-0.4, -0.2) is 44.5 Å². The van der Waals surface area contributed by atoms with Gasteiger partial charge in [0.05, 0.1) is 33.1 Å². The van der Waals surface area contributed by atoms with Crippen molar-refractivity contribution in [2.75, 3.05) is 21.3 Å². The van der Waals surface area contributed by atoms with Crippen LogP contribution in [0.15, 0.2) is 102 Å². The van der Waals surface area contributed by atoms with Gasteiger partial charge in [0, 0.05) is 5.56 Å². The van der Waals surface area contributed by atoms with Gasteiger partial charge in [-0.05, 0) is 35.4 Å². The number of methoxy groups -OCH3 is 3. The van der Waals surface area contributed by atoms with Gasteiger partial charge in [0.25, 0.3) is 5.91 Å². The standard InChI is InChI=1S/C31H28N2O7/c1-37-26-18-22(19-27(38-2)28(26)39-3)29(34)40-25-17-11-10-12-21(25)20-32-33-30(35)31(36,23-13-6-4-7-14-23)24-15-8-5-9-16-24/h4-20,36H,1-3H3,(H,33,35)/b32-20+. The Morgan fingerprint density at radius 2 is 1.27 bits per heavy atom. The Morgan fingerprint density at radius 3 is 1.80 bits per heavy atom. The fourth-order valence-corrected chi connectivity index (χ4v) is 4.07. The summed E-state index contributed by atoms with van der Waals surface area (Å²) in [6.45, 7) is 0. The van der Waals surface area contributed by atoms with Gasteiger partial charge in [0.1, 0.15) is 5.75 Å². The van der Waals surface area contributed by atoms with Crippen LogP contribution in [0.25, 0.3) is 0 Å². The molecule has 1 amide bonds. The van der Waals surface area contributed by atoms with Crippen LogP contribution in [0.1, 0.15) is 27.0 Å². The van der Waals surface area contributed by atoms with E-state index in [1.54, 1.807) is 84.9 Å². The highest BCUT2D eigenvalue weighted by atomic mass is 16.5. The molecule has 0 fully saturated rings. The highest BCUT2D eigenvalue weighted by molar-refractivity contribution is 5.95. The van der Waals surface area contributed by atoms with Gasteiger partial charge in [-0.2, -0.15) is 5.10 Å². The number of esters is 1. The number of para-hydroxylation sites is 1. The molecular formula is C31H28N2O7. The highest BCUT2D eigenvalue weighted by Gasteiger charge is 2.39. The Hall–Kier alpha value is -5.15. The summed E-state index contributed by atoms with van der Waals surface area (Å²) in [5.41, 5.74) is 1.78. The third-order valence-electron chi connectivity index (χ3n) is 6.10. The molecule has 0 radical (unpaired) electrons. The Bertz CT molecular complexity index is 1440. The summed E-state index contributed by atoms with van der Waals surface area (Å²) < 4.78 is 21.6. The van der Waals surface area contributed by atoms with E-state index in [0.717, 1.165) is 0 Å². The minimum absolute atomic E-state index is 0.172. The monoisotopic (exact) mass is 540 g/mol. The molecule has 0 saturated heterocycles. The number of nitrogens with one attached hydrogen (secondary N) is 1. The van der Waals surface area contributed by atoms with Crippen molar-refractivity contribution >= 4 is 18.1 Å². The number of carbonyl (C=O) groups is 2. The lowest BCUT2D eigenvalue weighted by molar-refractivity contribution is -0.136. The molecule has 0 heterocycles. The molecule has 0 bridgehead atoms. The molecule has 9 nitrogen and oxygen atoms in total. The number of hydrazone groups is 1. The van der Waals surface area contributed by atoms with Crippen LogP contribution in [0.5, 0.6) is 23.0 Å². The second-order valence-electron chi connectivity index (χ2n) is 8.48. The average Bonchev–Trinajstić information content (AvgIpc) is 3.01. The Morgan fingerprint density at radius 1 is 0.750 bits per heavy atom. The van der Waals surface area contributed by atoms with E-state index < -0.39 is 17.5 Å². The maximum Gasteiger partial charge on any atom is 0.343 e. The molecule has 9 heteroatoms. The first-order valence-electron chi connectivity index (χ1n) is 12.2. The Labute approximate surface area is 231 Å². The largest absolute Gasteiger partial charge is 0.493 e. The number of ether oxygens (including phenoxy) is 4. The van der Waals surface area contributed by atoms with Crippen molar-refractivity contribution in [3.63, 3.8) is 0 Å². The summed E-state index contributed by atoms with van der Waals surface area (Å²) in [6, 6.07) is 26.8. The molecule has 2 N–H and O–H groups in total. The SMILES string of the molecule is COc1cc(C(=O)Oc2ccccc2/C=N/NC(=O)C(O)(c2ccccc2)c2ccccc2)cc(OC)c1OC. The summed E-state index contributed by atoms with van der Waals surface area (Å²) in [6.07, 6.45) is 1.33. The summed E-state index contributed by atoms with van der Waals surface area (Å²) in [5.74, 6) is -0.289. The molecule has 0 saturated carbocycles. The van der Waals surface area contributed by atoms with Crippen LogP contribution in [-0.2, 0) is 10.4 Å². The number of rotatable bonds is 10. The lowest BCUT2D eigenvalue weighted by Crippen LogP contribution is -2.43. The molecule has 0 unspecified atom stereocenters. The van der Waals surface area contributed by atoms with Gasteiger partial charge in [0.15, 0.2) is 17.1 Å². The Balaban J connectivity index is 1.56. The zero-order valence-electron chi connectivity index (χ0n) is 22.2. The number of amides is 1. The first kappa shape index (κ1) is 27.9. The van der Waals surface area contributed by atoms with Crippen molar-refractivity contribution in [3.05, 3.63) is 119 Å². The normalized spacial score (nSPS) is 11.1. The lowest BCUT2D eigenvalue weighted by Gasteiger charge is -2.27. The first-order chi connectivity index (χ1) is 19.4. The molecule has 0 aliphatic rings. The number of hydrogen-bond acceptors (Lipinski definition) is 8. The molecule has 204 valence electrons. The van der Waals surface area contributed by atoms with E-state index >= 15 is 0 Å². The van der Waals surface area contributed by atoms with Gasteiger partial charge in [-0.25, -0.2) is 10.2 Å². The van der Waals surface area contributed by atoms with Crippen LogP contribution in [0.2, 0.25) is 0 Å². The maximum atomic E-state index is 13.3. The van der Waals surface area contributed by atoms with E-state index in [4.69, 9.17) is 18.9 Å². The smallest absolute Gasteiger partial charge is 0.343 e. The predicted molar refractivity (Wildman–Crippen MR) is 149 cm³/mol. The van der Waals surface area contributed by atoms with Gasteiger partial charge in [-0.3, -0.25) is 4.79 Å². The fourth-order valence-electron chi connectivity index (χ4n) is 4.07. The first-order valence-corrected chi connectivity index (χ1v) is 12.2. The average molecular weight is 541 g/mol. The second kappa shape index (κ2) is 12.6. The molecule has 0 aliphatic heterocycles. The molecule has 4 aromatic rings. The van der Waals surface area contributed by atoms with Gasteiger partial charge in [-0.1, -0.05) is 72.8 Å². The van der Waals surface area contributed by atoms with E-state index in [0.29, 0.717) is 33.9 Å². The number of carbonyl (C=O) groups excluding carboxylic acids is 2. The molecule has 0 atom stereocenters. The van der Waals surface area contributed by atoms with Crippen LogP contribution in [0.4, 0.5) is 0 Å². The minimum Gasteiger partial charge on any atom is -0.493 e. The van der Waals surface area contributed by atoms with Crippen LogP contribution < -0.4 is 24.4 Å². The summed E-state index contributed by atoms with van der Waals surface area (Å²) >= 11 is 0. The number of hydrogen-bond donors (Lipinski definition) is 2. The van der Waals surface area contributed by atoms with Crippen molar-refractivity contribution in [1.82, 2.24) is 5.43 Å². The maximum absolute atomic E-state index is 13.3. The zero-order chi connectivity index (χ0) is 28.5.